The lowest BCUT2D eigenvalue weighted by Crippen LogP contribution is -2.13. The number of hydrogen-bond donors (Lipinski definition) is 3. The van der Waals surface area contributed by atoms with Gasteiger partial charge in [0, 0.05) is 7.34 Å². The SMILES string of the molecule is C=C[C@@H]1CC1C(N)=O.CCC.OSO.[HH]. The van der Waals surface area contributed by atoms with Crippen LogP contribution in [0.5, 0.6) is 0 Å². The normalized spacial score (nSPS) is 22.0. The van der Waals surface area contributed by atoms with E-state index >= 15 is 0 Å². The Balaban J connectivity index is -0.000000177. The van der Waals surface area contributed by atoms with Crippen LogP contribution in [0, 0.1) is 11.8 Å². The topological polar surface area (TPSA) is 83.6 Å². The van der Waals surface area contributed by atoms with E-state index < -0.39 is 0 Å². The van der Waals surface area contributed by atoms with Crippen LogP contribution in [0.4, 0.5) is 0 Å². The molecule has 0 radical (unpaired) electrons. The van der Waals surface area contributed by atoms with Gasteiger partial charge in [-0.3, -0.25) is 4.79 Å². The molecule has 1 amide bonds. The summed E-state index contributed by atoms with van der Waals surface area (Å²) in [7, 11) is 0. The Hall–Kier alpha value is -0.520. The van der Waals surface area contributed by atoms with Crippen molar-refractivity contribution in [2.24, 2.45) is 17.6 Å². The Morgan fingerprint density at radius 2 is 2.07 bits per heavy atom. The van der Waals surface area contributed by atoms with Gasteiger partial charge in [0.2, 0.25) is 5.91 Å². The van der Waals surface area contributed by atoms with E-state index in [1.807, 2.05) is 0 Å². The number of nitrogens with two attached hydrogens (primary N) is 1. The highest BCUT2D eigenvalue weighted by Gasteiger charge is 2.38. The minimum absolute atomic E-state index is 0. The molecule has 1 rings (SSSR count). The smallest absolute Gasteiger partial charge is 0.221 e. The minimum Gasteiger partial charge on any atom is -0.369 e. The van der Waals surface area contributed by atoms with Crippen molar-refractivity contribution in [3.63, 3.8) is 0 Å². The molecular formula is C9H21NO3S. The second-order valence-electron chi connectivity index (χ2n) is 2.93. The van der Waals surface area contributed by atoms with Crippen LogP contribution in [0.15, 0.2) is 12.7 Å². The maximum Gasteiger partial charge on any atom is 0.221 e. The van der Waals surface area contributed by atoms with Gasteiger partial charge in [0.15, 0.2) is 12.3 Å². The fraction of sp³-hybridized carbons (Fsp3) is 0.667. The van der Waals surface area contributed by atoms with Gasteiger partial charge in [-0.1, -0.05) is 26.3 Å². The van der Waals surface area contributed by atoms with Gasteiger partial charge in [0.25, 0.3) is 0 Å². The Morgan fingerprint density at radius 3 is 2.14 bits per heavy atom. The molecule has 0 bridgehead atoms. The quantitative estimate of drug-likeness (QED) is 0.496. The van der Waals surface area contributed by atoms with Crippen LogP contribution in [0.25, 0.3) is 0 Å². The molecule has 1 fully saturated rings. The van der Waals surface area contributed by atoms with Crippen LogP contribution in [-0.2, 0) is 4.79 Å². The maximum atomic E-state index is 10.3. The summed E-state index contributed by atoms with van der Waals surface area (Å²) in [6.07, 6.45) is 3.95. The number of primary amides is 1. The predicted octanol–water partition coefficient (Wildman–Crippen LogP) is 2.62. The van der Waals surface area contributed by atoms with Crippen LogP contribution in [-0.4, -0.2) is 15.0 Å². The molecule has 4 nitrogen and oxygen atoms in total. The third-order valence-electron chi connectivity index (χ3n) is 1.51. The van der Waals surface area contributed by atoms with E-state index in [0.29, 0.717) is 5.92 Å². The molecular weight excluding hydrogens is 202 g/mol. The van der Waals surface area contributed by atoms with E-state index in [9.17, 15) is 4.79 Å². The Labute approximate surface area is 91.1 Å². The van der Waals surface area contributed by atoms with E-state index in [4.69, 9.17) is 14.8 Å². The number of hydrogen-bond acceptors (Lipinski definition) is 4. The second-order valence-corrected chi connectivity index (χ2v) is 3.10. The first kappa shape index (κ1) is 15.9. The van der Waals surface area contributed by atoms with Crippen molar-refractivity contribution in [2.45, 2.75) is 26.7 Å². The molecule has 0 aromatic heterocycles. The molecule has 1 saturated carbocycles. The largest absolute Gasteiger partial charge is 0.369 e. The third kappa shape index (κ3) is 9.57. The first-order chi connectivity index (χ1) is 6.58. The first-order valence-corrected chi connectivity index (χ1v) is 5.18. The van der Waals surface area contributed by atoms with Crippen molar-refractivity contribution in [3.05, 3.63) is 12.7 Å². The lowest BCUT2D eigenvalue weighted by Gasteiger charge is -1.82. The monoisotopic (exact) mass is 223 g/mol. The summed E-state index contributed by atoms with van der Waals surface area (Å²) < 4.78 is 14.1. The lowest BCUT2D eigenvalue weighted by atomic mass is 10.3. The summed E-state index contributed by atoms with van der Waals surface area (Å²) in [6, 6.07) is 0. The average molecular weight is 223 g/mol. The predicted molar refractivity (Wildman–Crippen MR) is 61.9 cm³/mol. The molecule has 0 spiro atoms. The minimum atomic E-state index is -0.250. The Kier molecular flexibility index (Phi) is 12.0. The zero-order valence-corrected chi connectivity index (χ0v) is 9.46. The van der Waals surface area contributed by atoms with Crippen molar-refractivity contribution in [2.75, 3.05) is 0 Å². The van der Waals surface area contributed by atoms with Crippen molar-refractivity contribution >= 4 is 18.2 Å². The number of rotatable bonds is 2. The Morgan fingerprint density at radius 1 is 1.71 bits per heavy atom. The van der Waals surface area contributed by atoms with Crippen LogP contribution in [0.3, 0.4) is 0 Å². The number of carbonyl (C=O) groups is 1. The van der Waals surface area contributed by atoms with Crippen LogP contribution < -0.4 is 5.73 Å². The molecule has 0 saturated heterocycles. The van der Waals surface area contributed by atoms with E-state index in [0.717, 1.165) is 6.42 Å². The number of carbonyl (C=O) groups excluding carboxylic acids is 1. The molecule has 2 atom stereocenters. The van der Waals surface area contributed by atoms with E-state index in [-0.39, 0.29) is 25.6 Å². The number of allylic oxidation sites excluding steroid dienone is 1. The third-order valence-corrected chi connectivity index (χ3v) is 1.51. The van der Waals surface area contributed by atoms with Crippen molar-refractivity contribution < 1.29 is 15.3 Å². The maximum absolute atomic E-state index is 10.3. The molecule has 1 unspecified atom stereocenters. The van der Waals surface area contributed by atoms with Gasteiger partial charge in [-0.2, -0.15) is 0 Å². The van der Waals surface area contributed by atoms with Crippen molar-refractivity contribution in [1.82, 2.24) is 0 Å². The average Bonchev–Trinajstić information content (AvgIpc) is 2.85. The van der Waals surface area contributed by atoms with E-state index in [2.05, 4.69) is 20.4 Å². The van der Waals surface area contributed by atoms with Crippen LogP contribution >= 0.6 is 12.3 Å². The van der Waals surface area contributed by atoms with Crippen LogP contribution in [0.1, 0.15) is 28.1 Å². The fourth-order valence-corrected chi connectivity index (χ4v) is 0.802. The molecule has 5 heteroatoms. The van der Waals surface area contributed by atoms with Crippen LogP contribution in [0.2, 0.25) is 0 Å². The lowest BCUT2D eigenvalue weighted by molar-refractivity contribution is -0.119. The van der Waals surface area contributed by atoms with Crippen molar-refractivity contribution in [1.29, 1.82) is 0 Å². The van der Waals surface area contributed by atoms with Gasteiger partial charge in [-0.25, -0.2) is 0 Å². The summed E-state index contributed by atoms with van der Waals surface area (Å²) in [5, 5.41) is 0. The fourth-order valence-electron chi connectivity index (χ4n) is 0.802. The molecule has 14 heavy (non-hydrogen) atoms. The summed E-state index contributed by atoms with van der Waals surface area (Å²) >= 11 is -0.250. The summed E-state index contributed by atoms with van der Waals surface area (Å²) in [6.45, 7) is 7.80. The van der Waals surface area contributed by atoms with Gasteiger partial charge in [-0.15, -0.1) is 6.58 Å². The van der Waals surface area contributed by atoms with E-state index in [1.165, 1.54) is 6.42 Å². The van der Waals surface area contributed by atoms with Gasteiger partial charge in [0.1, 0.15) is 0 Å². The molecule has 4 N–H and O–H groups in total. The van der Waals surface area contributed by atoms with Gasteiger partial charge < -0.3 is 14.8 Å². The molecule has 0 aromatic carbocycles. The summed E-state index contributed by atoms with van der Waals surface area (Å²) in [4.78, 5) is 10.3. The molecule has 1 aliphatic rings. The highest BCUT2D eigenvalue weighted by molar-refractivity contribution is 7.87. The molecule has 0 aromatic rings. The summed E-state index contributed by atoms with van der Waals surface area (Å²) in [5.74, 6) is 0.301. The molecule has 0 aliphatic heterocycles. The zero-order valence-electron chi connectivity index (χ0n) is 8.64. The highest BCUT2D eigenvalue weighted by atomic mass is 32.2. The number of amides is 1. The first-order valence-electron chi connectivity index (χ1n) is 4.45. The Bertz CT molecular complexity index is 167. The highest BCUT2D eigenvalue weighted by Crippen LogP contribution is 2.38. The van der Waals surface area contributed by atoms with E-state index in [1.54, 1.807) is 6.08 Å². The molecule has 0 heterocycles. The summed E-state index contributed by atoms with van der Waals surface area (Å²) in [5.41, 5.74) is 4.98. The molecule has 86 valence electrons. The second kappa shape index (κ2) is 10.6. The zero-order chi connectivity index (χ0) is 11.6. The van der Waals surface area contributed by atoms with Gasteiger partial charge >= 0.3 is 0 Å². The molecule has 1 aliphatic carbocycles. The van der Waals surface area contributed by atoms with Gasteiger partial charge in [-0.05, 0) is 12.3 Å². The standard InChI is InChI=1S/C6H9NO.C3H8.H2O2S.H2/c1-2-4-3-5(4)6(7)8;2*1-3-2;/h2,4-5H,1,3H2,(H2,7,8);3H2,1-2H3;1-2H;1H/t4-,5?;;;/m1.../s1. The van der Waals surface area contributed by atoms with Crippen molar-refractivity contribution in [3.8, 4) is 0 Å². The van der Waals surface area contributed by atoms with Gasteiger partial charge in [0.05, 0.1) is 0 Å².